The molecule has 0 spiro atoms. The van der Waals surface area contributed by atoms with Crippen molar-refractivity contribution < 1.29 is 18.3 Å². The van der Waals surface area contributed by atoms with Crippen molar-refractivity contribution in [3.05, 3.63) is 17.0 Å². The van der Waals surface area contributed by atoms with E-state index in [9.17, 15) is 18.3 Å². The van der Waals surface area contributed by atoms with Crippen LogP contribution in [0.1, 0.15) is 26.0 Å². The van der Waals surface area contributed by atoms with E-state index in [0.717, 1.165) is 6.07 Å². The second kappa shape index (κ2) is 6.38. The summed E-state index contributed by atoms with van der Waals surface area (Å²) in [5.74, 6) is 0.228. The summed E-state index contributed by atoms with van der Waals surface area (Å²) in [5.41, 5.74) is -1.12. The molecule has 0 aliphatic heterocycles. The molecule has 1 heterocycles. The van der Waals surface area contributed by atoms with Gasteiger partial charge in [0, 0.05) is 12.6 Å². The average Bonchev–Trinajstić information content (AvgIpc) is 2.23. The van der Waals surface area contributed by atoms with Crippen LogP contribution in [0.2, 0.25) is 5.28 Å². The number of aliphatic hydroxyl groups excluding tert-OH is 1. The van der Waals surface area contributed by atoms with Crippen LogP contribution in [0.3, 0.4) is 0 Å². The van der Waals surface area contributed by atoms with Gasteiger partial charge in [-0.25, -0.2) is 9.97 Å². The first-order valence-corrected chi connectivity index (χ1v) is 6.10. The molecule has 1 unspecified atom stereocenters. The molecule has 0 fully saturated rings. The third-order valence-corrected chi connectivity index (χ3v) is 2.42. The molecule has 0 radical (unpaired) electrons. The Morgan fingerprint density at radius 1 is 1.37 bits per heavy atom. The van der Waals surface area contributed by atoms with Crippen LogP contribution in [0, 0.1) is 5.92 Å². The van der Waals surface area contributed by atoms with E-state index in [4.69, 9.17) is 11.6 Å². The van der Waals surface area contributed by atoms with E-state index in [2.05, 4.69) is 15.3 Å². The van der Waals surface area contributed by atoms with Gasteiger partial charge in [0.2, 0.25) is 5.28 Å². The summed E-state index contributed by atoms with van der Waals surface area (Å²) >= 11 is 5.43. The van der Waals surface area contributed by atoms with Crippen LogP contribution in [0.15, 0.2) is 6.07 Å². The highest BCUT2D eigenvalue weighted by Crippen LogP contribution is 2.29. The van der Waals surface area contributed by atoms with Crippen molar-refractivity contribution in [1.29, 1.82) is 0 Å². The van der Waals surface area contributed by atoms with Crippen LogP contribution in [0.25, 0.3) is 0 Å². The largest absolute Gasteiger partial charge is 0.433 e. The minimum atomic E-state index is -4.58. The van der Waals surface area contributed by atoms with Gasteiger partial charge in [-0.3, -0.25) is 0 Å². The van der Waals surface area contributed by atoms with Gasteiger partial charge in [-0.05, 0) is 23.9 Å². The molecule has 0 aliphatic carbocycles. The molecule has 1 aromatic rings. The van der Waals surface area contributed by atoms with Crippen LogP contribution in [-0.2, 0) is 6.18 Å². The Balaban J connectivity index is 2.71. The van der Waals surface area contributed by atoms with Crippen molar-refractivity contribution in [2.45, 2.75) is 32.5 Å². The maximum absolute atomic E-state index is 12.5. The van der Waals surface area contributed by atoms with Crippen molar-refractivity contribution in [1.82, 2.24) is 9.97 Å². The van der Waals surface area contributed by atoms with E-state index in [1.807, 2.05) is 13.8 Å². The normalized spacial score (nSPS) is 13.7. The summed E-state index contributed by atoms with van der Waals surface area (Å²) in [7, 11) is 0. The maximum atomic E-state index is 12.5. The van der Waals surface area contributed by atoms with Crippen LogP contribution in [0.4, 0.5) is 19.0 Å². The fraction of sp³-hybridized carbons (Fsp3) is 0.636. The molecule has 108 valence electrons. The van der Waals surface area contributed by atoms with Crippen molar-refractivity contribution in [2.75, 3.05) is 11.9 Å². The molecule has 0 saturated carbocycles. The number of hydrogen-bond acceptors (Lipinski definition) is 4. The lowest BCUT2D eigenvalue weighted by molar-refractivity contribution is -0.141. The predicted octanol–water partition coefficient (Wildman–Crippen LogP) is 2.97. The molecule has 0 aromatic carbocycles. The fourth-order valence-electron chi connectivity index (χ4n) is 1.50. The van der Waals surface area contributed by atoms with E-state index in [-0.39, 0.29) is 18.3 Å². The molecule has 1 aromatic heterocycles. The number of aliphatic hydroxyl groups is 1. The number of anilines is 1. The number of rotatable bonds is 5. The highest BCUT2D eigenvalue weighted by Gasteiger charge is 2.33. The lowest BCUT2D eigenvalue weighted by Crippen LogP contribution is -2.22. The molecule has 0 amide bonds. The first-order chi connectivity index (χ1) is 8.68. The van der Waals surface area contributed by atoms with E-state index in [1.165, 1.54) is 0 Å². The molecular weight excluding hydrogens is 283 g/mol. The second-order valence-electron chi connectivity index (χ2n) is 4.57. The number of halogens is 4. The van der Waals surface area contributed by atoms with Crippen molar-refractivity contribution >= 4 is 17.4 Å². The number of nitrogens with one attached hydrogen (secondary N) is 1. The topological polar surface area (TPSA) is 58.0 Å². The van der Waals surface area contributed by atoms with Gasteiger partial charge in [0.15, 0.2) is 5.69 Å². The van der Waals surface area contributed by atoms with Crippen LogP contribution in [0.5, 0.6) is 0 Å². The zero-order chi connectivity index (χ0) is 14.6. The third-order valence-electron chi connectivity index (χ3n) is 2.25. The molecule has 2 N–H and O–H groups in total. The predicted molar refractivity (Wildman–Crippen MR) is 66.0 cm³/mol. The summed E-state index contributed by atoms with van der Waals surface area (Å²) in [5, 5.41) is 11.7. The standard InChI is InChI=1S/C11H15ClF3N3O/c1-6(2)3-7(19)5-16-9-4-8(11(13,14)15)17-10(12)18-9/h4,6-7,19H,3,5H2,1-2H3,(H,16,17,18). The van der Waals surface area contributed by atoms with Gasteiger partial charge in [-0.15, -0.1) is 0 Å². The maximum Gasteiger partial charge on any atom is 0.433 e. The van der Waals surface area contributed by atoms with Gasteiger partial charge in [-0.1, -0.05) is 13.8 Å². The highest BCUT2D eigenvalue weighted by atomic mass is 35.5. The Hall–Kier alpha value is -1.08. The first-order valence-electron chi connectivity index (χ1n) is 5.72. The number of hydrogen-bond donors (Lipinski definition) is 2. The molecule has 19 heavy (non-hydrogen) atoms. The quantitative estimate of drug-likeness (QED) is 0.820. The van der Waals surface area contributed by atoms with E-state index >= 15 is 0 Å². The molecular formula is C11H15ClF3N3O. The fourth-order valence-corrected chi connectivity index (χ4v) is 1.69. The summed E-state index contributed by atoms with van der Waals surface area (Å²) in [4.78, 5) is 6.74. The molecule has 1 atom stereocenters. The van der Waals surface area contributed by atoms with Crippen molar-refractivity contribution in [2.24, 2.45) is 5.92 Å². The minimum Gasteiger partial charge on any atom is -0.391 e. The van der Waals surface area contributed by atoms with E-state index < -0.39 is 23.3 Å². The molecule has 1 rings (SSSR count). The summed E-state index contributed by atoms with van der Waals surface area (Å²) < 4.78 is 37.5. The second-order valence-corrected chi connectivity index (χ2v) is 4.91. The Morgan fingerprint density at radius 2 is 2.00 bits per heavy atom. The molecule has 0 bridgehead atoms. The summed E-state index contributed by atoms with van der Waals surface area (Å²) in [6.45, 7) is 3.97. The van der Waals surface area contributed by atoms with Gasteiger partial charge < -0.3 is 10.4 Å². The van der Waals surface area contributed by atoms with Gasteiger partial charge in [0.25, 0.3) is 0 Å². The monoisotopic (exact) mass is 297 g/mol. The van der Waals surface area contributed by atoms with Gasteiger partial charge in [-0.2, -0.15) is 13.2 Å². The minimum absolute atomic E-state index is 0.0601. The van der Waals surface area contributed by atoms with Gasteiger partial charge in [0.05, 0.1) is 6.10 Å². The SMILES string of the molecule is CC(C)CC(O)CNc1cc(C(F)(F)F)nc(Cl)n1. The number of alkyl halides is 3. The lowest BCUT2D eigenvalue weighted by Gasteiger charge is -2.15. The number of nitrogens with zero attached hydrogens (tertiary/aromatic N) is 2. The highest BCUT2D eigenvalue weighted by molar-refractivity contribution is 6.28. The third kappa shape index (κ3) is 5.61. The first kappa shape index (κ1) is 16.0. The lowest BCUT2D eigenvalue weighted by atomic mass is 10.1. The van der Waals surface area contributed by atoms with Crippen LogP contribution in [-0.4, -0.2) is 27.7 Å². The summed E-state index contributed by atoms with van der Waals surface area (Å²) in [6.07, 6.45) is -4.71. The molecule has 4 nitrogen and oxygen atoms in total. The Morgan fingerprint density at radius 3 is 2.53 bits per heavy atom. The van der Waals surface area contributed by atoms with Crippen molar-refractivity contribution in [3.63, 3.8) is 0 Å². The van der Waals surface area contributed by atoms with E-state index in [1.54, 1.807) is 0 Å². The molecule has 0 aliphatic rings. The Bertz CT molecular complexity index is 426. The Kier molecular flexibility index (Phi) is 5.37. The van der Waals surface area contributed by atoms with Crippen molar-refractivity contribution in [3.8, 4) is 0 Å². The van der Waals surface area contributed by atoms with Gasteiger partial charge in [0.1, 0.15) is 5.82 Å². The summed E-state index contributed by atoms with van der Waals surface area (Å²) in [6, 6.07) is 0.758. The molecule has 8 heteroatoms. The zero-order valence-corrected chi connectivity index (χ0v) is 11.3. The average molecular weight is 298 g/mol. The molecule has 0 saturated heterocycles. The van der Waals surface area contributed by atoms with E-state index in [0.29, 0.717) is 6.42 Å². The van der Waals surface area contributed by atoms with Crippen LogP contribution < -0.4 is 5.32 Å². The Labute approximate surface area is 114 Å². The smallest absolute Gasteiger partial charge is 0.391 e. The number of aromatic nitrogens is 2. The van der Waals surface area contributed by atoms with Gasteiger partial charge >= 0.3 is 6.18 Å². The van der Waals surface area contributed by atoms with Crippen LogP contribution >= 0.6 is 11.6 Å². The zero-order valence-electron chi connectivity index (χ0n) is 10.5.